The summed E-state index contributed by atoms with van der Waals surface area (Å²) >= 11 is 3.40. The van der Waals surface area contributed by atoms with Crippen LogP contribution < -0.4 is 19.1 Å². The lowest BCUT2D eigenvalue weighted by Gasteiger charge is -2.38. The van der Waals surface area contributed by atoms with Crippen LogP contribution in [-0.4, -0.2) is 33.6 Å². The first kappa shape index (κ1) is 25.1. The molecule has 0 saturated carbocycles. The molecule has 0 aliphatic carbocycles. The number of carbonyl (C=O) groups is 1. The van der Waals surface area contributed by atoms with Gasteiger partial charge in [-0.1, -0.05) is 40.2 Å². The molecule has 0 bridgehead atoms. The van der Waals surface area contributed by atoms with Gasteiger partial charge in [0.1, 0.15) is 23.6 Å². The molecule has 7 nitrogen and oxygen atoms in total. The summed E-state index contributed by atoms with van der Waals surface area (Å²) < 4.78 is 40.4. The van der Waals surface area contributed by atoms with Crippen LogP contribution in [0.5, 0.6) is 11.5 Å². The Bertz CT molecular complexity index is 1330. The molecule has 1 aliphatic heterocycles. The first-order valence-corrected chi connectivity index (χ1v) is 13.3. The summed E-state index contributed by atoms with van der Waals surface area (Å²) in [5.41, 5.74) is 0.657. The zero-order valence-electron chi connectivity index (χ0n) is 19.7. The van der Waals surface area contributed by atoms with Crippen molar-refractivity contribution in [2.24, 2.45) is 0 Å². The van der Waals surface area contributed by atoms with Crippen LogP contribution in [0.15, 0.2) is 82.2 Å². The van der Waals surface area contributed by atoms with Crippen LogP contribution in [-0.2, 0) is 14.8 Å². The Morgan fingerprint density at radius 3 is 2.54 bits per heavy atom. The normalized spacial score (nSPS) is 16.5. The van der Waals surface area contributed by atoms with Gasteiger partial charge in [0.15, 0.2) is 0 Å². The predicted octanol–water partition coefficient (Wildman–Crippen LogP) is 5.07. The number of methoxy groups -OCH3 is 1. The van der Waals surface area contributed by atoms with Crippen LogP contribution in [0.3, 0.4) is 0 Å². The first-order valence-electron chi connectivity index (χ1n) is 11.1. The van der Waals surface area contributed by atoms with Crippen molar-refractivity contribution in [1.82, 2.24) is 5.32 Å². The molecule has 1 atom stereocenters. The number of benzene rings is 3. The van der Waals surface area contributed by atoms with Crippen LogP contribution in [0.2, 0.25) is 0 Å². The molecule has 1 amide bonds. The molecule has 0 fully saturated rings. The smallest absolute Gasteiger partial charge is 0.264 e. The van der Waals surface area contributed by atoms with Crippen molar-refractivity contribution < 1.29 is 22.7 Å². The van der Waals surface area contributed by atoms with Crippen molar-refractivity contribution in [2.75, 3.05) is 18.0 Å². The van der Waals surface area contributed by atoms with E-state index in [0.29, 0.717) is 28.1 Å². The second-order valence-electron chi connectivity index (χ2n) is 8.89. The molecular weight excluding hydrogens is 532 g/mol. The highest BCUT2D eigenvalue weighted by Crippen LogP contribution is 2.41. The highest BCUT2D eigenvalue weighted by atomic mass is 79.9. The van der Waals surface area contributed by atoms with Gasteiger partial charge in [-0.2, -0.15) is 0 Å². The molecule has 0 saturated heterocycles. The van der Waals surface area contributed by atoms with Gasteiger partial charge in [0.25, 0.3) is 10.0 Å². The zero-order valence-corrected chi connectivity index (χ0v) is 22.1. The fourth-order valence-corrected chi connectivity index (χ4v) is 5.95. The molecule has 0 radical (unpaired) electrons. The van der Waals surface area contributed by atoms with E-state index in [2.05, 4.69) is 21.2 Å². The number of nitrogens with zero attached hydrogens (tertiary/aromatic N) is 1. The van der Waals surface area contributed by atoms with Crippen molar-refractivity contribution in [2.45, 2.75) is 36.8 Å². The molecule has 1 unspecified atom stereocenters. The minimum Gasteiger partial charge on any atom is -0.497 e. The number of ether oxygens (including phenoxy) is 2. The van der Waals surface area contributed by atoms with Crippen molar-refractivity contribution in [1.29, 1.82) is 0 Å². The Kier molecular flexibility index (Phi) is 7.10. The number of hydrogen-bond donors (Lipinski definition) is 1. The van der Waals surface area contributed by atoms with Crippen molar-refractivity contribution in [3.05, 3.63) is 82.8 Å². The maximum atomic E-state index is 13.6. The van der Waals surface area contributed by atoms with Gasteiger partial charge in [-0.3, -0.25) is 9.10 Å². The van der Waals surface area contributed by atoms with Crippen molar-refractivity contribution in [3.8, 4) is 11.5 Å². The molecule has 9 heteroatoms. The van der Waals surface area contributed by atoms with Crippen LogP contribution in [0.1, 0.15) is 31.9 Å². The Hall–Kier alpha value is -3.04. The highest BCUT2D eigenvalue weighted by Gasteiger charge is 2.36. The van der Waals surface area contributed by atoms with Gasteiger partial charge in [-0.05, 0) is 62.4 Å². The second-order valence-corrected chi connectivity index (χ2v) is 11.7. The van der Waals surface area contributed by atoms with Crippen LogP contribution in [0, 0.1) is 0 Å². The van der Waals surface area contributed by atoms with E-state index in [0.717, 1.165) is 9.87 Å². The number of halogens is 1. The van der Waals surface area contributed by atoms with Gasteiger partial charge in [-0.25, -0.2) is 8.42 Å². The van der Waals surface area contributed by atoms with E-state index in [1.807, 2.05) is 26.0 Å². The predicted molar refractivity (Wildman–Crippen MR) is 138 cm³/mol. The number of amides is 1. The summed E-state index contributed by atoms with van der Waals surface area (Å²) in [6, 6.07) is 20.0. The van der Waals surface area contributed by atoms with E-state index >= 15 is 0 Å². The van der Waals surface area contributed by atoms with Gasteiger partial charge >= 0.3 is 0 Å². The fourth-order valence-electron chi connectivity index (χ4n) is 4.12. The molecule has 35 heavy (non-hydrogen) atoms. The molecule has 0 aromatic heterocycles. The number of carbonyl (C=O) groups excluding carboxylic acids is 1. The number of nitrogens with one attached hydrogen (secondary N) is 1. The summed E-state index contributed by atoms with van der Waals surface area (Å²) in [4.78, 5) is 13.4. The molecule has 4 rings (SSSR count). The fraction of sp³-hybridized carbons (Fsp3) is 0.269. The van der Waals surface area contributed by atoms with E-state index in [9.17, 15) is 13.2 Å². The molecule has 184 valence electrons. The zero-order chi connectivity index (χ0) is 25.2. The van der Waals surface area contributed by atoms with E-state index in [1.54, 1.807) is 55.6 Å². The van der Waals surface area contributed by atoms with E-state index in [4.69, 9.17) is 9.47 Å². The molecule has 1 heterocycles. The lowest BCUT2D eigenvalue weighted by Crippen LogP contribution is -2.45. The summed E-state index contributed by atoms with van der Waals surface area (Å²) in [7, 11) is -2.42. The second kappa shape index (κ2) is 9.91. The highest BCUT2D eigenvalue weighted by molar-refractivity contribution is 9.10. The summed E-state index contributed by atoms with van der Waals surface area (Å²) in [6.07, 6.45) is 0.515. The summed E-state index contributed by atoms with van der Waals surface area (Å²) in [6.45, 7) is 3.52. The monoisotopic (exact) mass is 558 g/mol. The third-order valence-corrected chi connectivity index (χ3v) is 8.01. The lowest BCUT2D eigenvalue weighted by molar-refractivity contribution is -0.120. The summed E-state index contributed by atoms with van der Waals surface area (Å²) in [5, 5.41) is 3.03. The van der Waals surface area contributed by atoms with Crippen LogP contribution >= 0.6 is 15.9 Å². The third-order valence-electron chi connectivity index (χ3n) is 5.72. The van der Waals surface area contributed by atoms with Gasteiger partial charge in [-0.15, -0.1) is 0 Å². The molecule has 1 N–H and O–H groups in total. The van der Waals surface area contributed by atoms with Crippen LogP contribution in [0.4, 0.5) is 5.69 Å². The van der Waals surface area contributed by atoms with Crippen molar-refractivity contribution in [3.63, 3.8) is 0 Å². The topological polar surface area (TPSA) is 84.9 Å². The average molecular weight is 559 g/mol. The molecule has 0 spiro atoms. The number of sulfonamides is 1. The number of hydrogen-bond acceptors (Lipinski definition) is 5. The third kappa shape index (κ3) is 5.62. The first-order chi connectivity index (χ1) is 16.6. The lowest BCUT2D eigenvalue weighted by atomic mass is 9.89. The van der Waals surface area contributed by atoms with Gasteiger partial charge in [0.2, 0.25) is 5.91 Å². The minimum atomic E-state index is -3.99. The Morgan fingerprint density at radius 1 is 1.11 bits per heavy atom. The van der Waals surface area contributed by atoms with Gasteiger partial charge in [0, 0.05) is 16.5 Å². The quantitative estimate of drug-likeness (QED) is 0.437. The largest absolute Gasteiger partial charge is 0.497 e. The van der Waals surface area contributed by atoms with E-state index in [1.165, 1.54) is 12.1 Å². The number of anilines is 1. The molecule has 3 aromatic rings. The van der Waals surface area contributed by atoms with Crippen molar-refractivity contribution >= 4 is 37.5 Å². The van der Waals surface area contributed by atoms with Gasteiger partial charge in [0.05, 0.1) is 23.7 Å². The molecule has 1 aliphatic rings. The number of rotatable bonds is 7. The number of fused-ring (bicyclic) bond motifs is 1. The molecule has 3 aromatic carbocycles. The van der Waals surface area contributed by atoms with Crippen LogP contribution in [0.25, 0.3) is 0 Å². The maximum absolute atomic E-state index is 13.6. The standard InChI is InChI=1S/C26H27BrN2O5S/c1-26(2)16-23(22-15-20(33-3)12-13-24(22)34-26)28-25(30)17-29(19-9-7-8-18(27)14-19)35(31,32)21-10-5-4-6-11-21/h4-15,23H,16-17H2,1-3H3,(H,28,30). The van der Waals surface area contributed by atoms with Gasteiger partial charge < -0.3 is 14.8 Å². The minimum absolute atomic E-state index is 0.107. The molecular formula is C26H27BrN2O5S. The Morgan fingerprint density at radius 2 is 1.86 bits per heavy atom. The summed E-state index contributed by atoms with van der Waals surface area (Å²) in [5.74, 6) is 0.878. The van der Waals surface area contributed by atoms with E-state index in [-0.39, 0.29) is 17.5 Å². The Labute approximate surface area is 214 Å². The SMILES string of the molecule is COc1ccc2c(c1)C(NC(=O)CN(c1cccc(Br)c1)S(=O)(=O)c1ccccc1)CC(C)(C)O2. The average Bonchev–Trinajstić information content (AvgIpc) is 2.82. The van der Waals surface area contributed by atoms with E-state index < -0.39 is 21.5 Å². The maximum Gasteiger partial charge on any atom is 0.264 e. The Balaban J connectivity index is 1.65.